The van der Waals surface area contributed by atoms with Gasteiger partial charge in [-0.1, -0.05) is 0 Å². The van der Waals surface area contributed by atoms with Gasteiger partial charge < -0.3 is 20.2 Å². The topological polar surface area (TPSA) is 73.6 Å². The molecular weight excluding hydrogens is 330 g/mol. The van der Waals surface area contributed by atoms with Crippen LogP contribution in [0.2, 0.25) is 0 Å². The number of carbonyl (C=O) groups excluding carboxylic acids is 1. The predicted molar refractivity (Wildman–Crippen MR) is 99.2 cm³/mol. The van der Waals surface area contributed by atoms with E-state index in [4.69, 9.17) is 0 Å². The molecular formula is C19H25N5O2. The lowest BCUT2D eigenvalue weighted by molar-refractivity contribution is -0.143. The number of piperidine rings is 1. The number of aromatic hydroxyl groups is 1. The molecule has 1 aromatic heterocycles. The molecule has 0 aliphatic carbocycles. The number of rotatable bonds is 3. The summed E-state index contributed by atoms with van der Waals surface area (Å²) in [7, 11) is 0. The van der Waals surface area contributed by atoms with Gasteiger partial charge in [0.05, 0.1) is 0 Å². The molecule has 0 bridgehead atoms. The lowest BCUT2D eigenvalue weighted by Crippen LogP contribution is -2.59. The minimum atomic E-state index is -0.560. The van der Waals surface area contributed by atoms with Crippen molar-refractivity contribution < 1.29 is 9.90 Å². The van der Waals surface area contributed by atoms with Crippen molar-refractivity contribution in [1.29, 1.82) is 0 Å². The van der Waals surface area contributed by atoms with Gasteiger partial charge in [-0.05, 0) is 56.3 Å². The summed E-state index contributed by atoms with van der Waals surface area (Å²) in [6.45, 7) is 4.67. The summed E-state index contributed by atoms with van der Waals surface area (Å²) in [5.74, 6) is 0.461. The van der Waals surface area contributed by atoms with Crippen LogP contribution in [-0.2, 0) is 10.3 Å². The molecule has 0 unspecified atom stereocenters. The van der Waals surface area contributed by atoms with Gasteiger partial charge in [0.15, 0.2) is 0 Å². The number of phenols is 1. The molecule has 7 heteroatoms. The highest BCUT2D eigenvalue weighted by molar-refractivity contribution is 5.85. The van der Waals surface area contributed by atoms with Gasteiger partial charge >= 0.3 is 0 Å². The van der Waals surface area contributed by atoms with E-state index in [-0.39, 0.29) is 11.7 Å². The third-order valence-corrected chi connectivity index (χ3v) is 5.55. The lowest BCUT2D eigenvalue weighted by atomic mass is 9.86. The van der Waals surface area contributed by atoms with E-state index in [0.29, 0.717) is 13.1 Å². The maximum Gasteiger partial charge on any atom is 0.250 e. The van der Waals surface area contributed by atoms with Crippen LogP contribution in [0.5, 0.6) is 5.75 Å². The highest BCUT2D eigenvalue weighted by Crippen LogP contribution is 2.30. The van der Waals surface area contributed by atoms with Gasteiger partial charge in [-0.25, -0.2) is 0 Å². The normalized spacial score (nSPS) is 20.2. The molecule has 0 atom stereocenters. The fourth-order valence-corrected chi connectivity index (χ4v) is 4.03. The number of aromatic nitrogens is 2. The number of hydrogen-bond donors (Lipinski definition) is 2. The first-order valence-corrected chi connectivity index (χ1v) is 9.23. The zero-order chi connectivity index (χ0) is 18.0. The van der Waals surface area contributed by atoms with E-state index in [1.54, 1.807) is 18.3 Å². The zero-order valence-corrected chi connectivity index (χ0v) is 14.8. The minimum Gasteiger partial charge on any atom is -0.508 e. The average molecular weight is 355 g/mol. The van der Waals surface area contributed by atoms with E-state index < -0.39 is 5.54 Å². The Morgan fingerprint density at radius 3 is 2.38 bits per heavy atom. The SMILES string of the molecule is O=C(N1CCN(c2ccc(O)cc2)CC1)C1(n2cccn2)CCNCC1. The minimum absolute atomic E-state index is 0.188. The smallest absolute Gasteiger partial charge is 0.250 e. The van der Waals surface area contributed by atoms with Crippen LogP contribution in [0.15, 0.2) is 42.7 Å². The summed E-state index contributed by atoms with van der Waals surface area (Å²) in [4.78, 5) is 17.7. The quantitative estimate of drug-likeness (QED) is 0.860. The Morgan fingerprint density at radius 1 is 1.08 bits per heavy atom. The van der Waals surface area contributed by atoms with E-state index in [9.17, 15) is 9.90 Å². The van der Waals surface area contributed by atoms with Crippen molar-refractivity contribution >= 4 is 11.6 Å². The second-order valence-corrected chi connectivity index (χ2v) is 7.03. The number of nitrogens with zero attached hydrogens (tertiary/aromatic N) is 4. The Balaban J connectivity index is 1.47. The fraction of sp³-hybridized carbons (Fsp3) is 0.474. The van der Waals surface area contributed by atoms with Gasteiger partial charge in [0.25, 0.3) is 5.91 Å². The molecule has 2 aromatic rings. The van der Waals surface area contributed by atoms with Crippen molar-refractivity contribution in [2.75, 3.05) is 44.2 Å². The average Bonchev–Trinajstić information content (AvgIpc) is 3.24. The number of amides is 1. The van der Waals surface area contributed by atoms with Gasteiger partial charge in [0.1, 0.15) is 11.3 Å². The Labute approximate surface area is 153 Å². The summed E-state index contributed by atoms with van der Waals surface area (Å²) in [5, 5.41) is 17.2. The molecule has 2 aliphatic heterocycles. The summed E-state index contributed by atoms with van der Waals surface area (Å²) in [5.41, 5.74) is 0.522. The Hall–Kier alpha value is -2.54. The van der Waals surface area contributed by atoms with Crippen LogP contribution in [0, 0.1) is 0 Å². The van der Waals surface area contributed by atoms with Crippen LogP contribution in [0.1, 0.15) is 12.8 Å². The fourth-order valence-electron chi connectivity index (χ4n) is 4.03. The van der Waals surface area contributed by atoms with Crippen LogP contribution >= 0.6 is 0 Å². The number of nitrogens with one attached hydrogen (secondary N) is 1. The first-order valence-electron chi connectivity index (χ1n) is 9.23. The van der Waals surface area contributed by atoms with Crippen LogP contribution in [0.25, 0.3) is 0 Å². The third kappa shape index (κ3) is 3.03. The third-order valence-electron chi connectivity index (χ3n) is 5.55. The first kappa shape index (κ1) is 16.9. The number of carbonyl (C=O) groups is 1. The summed E-state index contributed by atoms with van der Waals surface area (Å²) in [6.07, 6.45) is 5.20. The maximum absolute atomic E-state index is 13.4. The largest absolute Gasteiger partial charge is 0.508 e. The molecule has 1 aromatic carbocycles. The Kier molecular flexibility index (Phi) is 4.55. The molecule has 0 spiro atoms. The molecule has 1 amide bonds. The zero-order valence-electron chi connectivity index (χ0n) is 14.8. The van der Waals surface area contributed by atoms with Crippen molar-refractivity contribution in [1.82, 2.24) is 20.0 Å². The van der Waals surface area contributed by atoms with Crippen LogP contribution < -0.4 is 10.2 Å². The number of hydrogen-bond acceptors (Lipinski definition) is 5. The van der Waals surface area contributed by atoms with Crippen molar-refractivity contribution in [3.8, 4) is 5.75 Å². The monoisotopic (exact) mass is 355 g/mol. The van der Waals surface area contributed by atoms with Crippen LogP contribution in [0.3, 0.4) is 0 Å². The van der Waals surface area contributed by atoms with Gasteiger partial charge in [-0.2, -0.15) is 5.10 Å². The summed E-state index contributed by atoms with van der Waals surface area (Å²) in [6, 6.07) is 9.14. The lowest BCUT2D eigenvalue weighted by Gasteiger charge is -2.43. The van der Waals surface area contributed by atoms with Gasteiger partial charge in [0, 0.05) is 44.3 Å². The summed E-state index contributed by atoms with van der Waals surface area (Å²) >= 11 is 0. The second kappa shape index (κ2) is 6.99. The Morgan fingerprint density at radius 2 is 1.77 bits per heavy atom. The molecule has 0 radical (unpaired) electrons. The standard InChI is InChI=1S/C19H25N5O2/c25-17-4-2-16(3-5-17)22-12-14-23(15-13-22)18(26)19(6-9-20-10-7-19)24-11-1-8-21-24/h1-5,8,11,20,25H,6-7,9-10,12-15H2. The highest BCUT2D eigenvalue weighted by atomic mass is 16.3. The van der Waals surface area contributed by atoms with E-state index in [2.05, 4.69) is 15.3 Å². The number of piperazine rings is 1. The van der Waals surface area contributed by atoms with Crippen molar-refractivity contribution in [3.63, 3.8) is 0 Å². The second-order valence-electron chi connectivity index (χ2n) is 7.03. The van der Waals surface area contributed by atoms with Gasteiger partial charge in [-0.3, -0.25) is 9.48 Å². The molecule has 0 saturated carbocycles. The molecule has 2 N–H and O–H groups in total. The van der Waals surface area contributed by atoms with Crippen molar-refractivity contribution in [2.45, 2.75) is 18.4 Å². The van der Waals surface area contributed by atoms with E-state index in [1.807, 2.05) is 34.0 Å². The molecule has 138 valence electrons. The van der Waals surface area contributed by atoms with Crippen molar-refractivity contribution in [2.24, 2.45) is 0 Å². The Bertz CT molecular complexity index is 730. The predicted octanol–water partition coefficient (Wildman–Crippen LogP) is 1.02. The number of benzene rings is 1. The van der Waals surface area contributed by atoms with Crippen LogP contribution in [0.4, 0.5) is 5.69 Å². The maximum atomic E-state index is 13.4. The molecule has 2 saturated heterocycles. The van der Waals surface area contributed by atoms with E-state index >= 15 is 0 Å². The van der Waals surface area contributed by atoms with Crippen molar-refractivity contribution in [3.05, 3.63) is 42.7 Å². The molecule has 26 heavy (non-hydrogen) atoms. The molecule has 3 heterocycles. The summed E-state index contributed by atoms with van der Waals surface area (Å²) < 4.78 is 1.86. The van der Waals surface area contributed by atoms with Gasteiger partial charge in [0.2, 0.25) is 0 Å². The molecule has 4 rings (SSSR count). The highest BCUT2D eigenvalue weighted by Gasteiger charge is 2.44. The van der Waals surface area contributed by atoms with E-state index in [1.165, 1.54) is 0 Å². The molecule has 7 nitrogen and oxygen atoms in total. The number of anilines is 1. The molecule has 2 fully saturated rings. The molecule has 2 aliphatic rings. The van der Waals surface area contributed by atoms with Crippen LogP contribution in [-0.4, -0.2) is 65.0 Å². The van der Waals surface area contributed by atoms with E-state index in [0.717, 1.165) is 44.7 Å². The first-order chi connectivity index (χ1) is 12.7. The van der Waals surface area contributed by atoms with Gasteiger partial charge in [-0.15, -0.1) is 0 Å². The number of phenolic OH excluding ortho intramolecular Hbond substituents is 1.